The molecule has 5 nitrogen and oxygen atoms in total. The van der Waals surface area contributed by atoms with Crippen LogP contribution in [0.3, 0.4) is 0 Å². The first-order chi connectivity index (χ1) is 10.0. The van der Waals surface area contributed by atoms with Crippen LogP contribution in [0, 0.1) is 17.1 Å². The maximum atomic E-state index is 13.6. The van der Waals surface area contributed by atoms with Crippen LogP contribution < -0.4 is 0 Å². The maximum Gasteiger partial charge on any atom is 0.244 e. The molecule has 114 valence electrons. The van der Waals surface area contributed by atoms with Gasteiger partial charge in [-0.15, -0.1) is 0 Å². The SMILES string of the molecule is N#Cc1c(F)cccc1S(=O)(=O)N(CCCO)C1CCC1. The summed E-state index contributed by atoms with van der Waals surface area (Å²) in [5.74, 6) is -0.839. The van der Waals surface area contributed by atoms with Crippen LogP contribution in [0.15, 0.2) is 23.1 Å². The van der Waals surface area contributed by atoms with Gasteiger partial charge < -0.3 is 5.11 Å². The second kappa shape index (κ2) is 6.52. The quantitative estimate of drug-likeness (QED) is 0.865. The van der Waals surface area contributed by atoms with Crippen molar-refractivity contribution in [3.63, 3.8) is 0 Å². The molecule has 0 saturated heterocycles. The maximum absolute atomic E-state index is 13.6. The summed E-state index contributed by atoms with van der Waals surface area (Å²) in [5.41, 5.74) is -0.453. The molecule has 0 radical (unpaired) electrons. The zero-order valence-corrected chi connectivity index (χ0v) is 12.3. The molecule has 0 aliphatic heterocycles. The van der Waals surface area contributed by atoms with E-state index in [9.17, 15) is 12.8 Å². The minimum atomic E-state index is -3.94. The molecule has 0 spiro atoms. The normalized spacial score (nSPS) is 15.7. The third-order valence-corrected chi connectivity index (χ3v) is 5.69. The van der Waals surface area contributed by atoms with Crippen LogP contribution >= 0.6 is 0 Å². The molecule has 7 heteroatoms. The minimum absolute atomic E-state index is 0.118. The van der Waals surface area contributed by atoms with Gasteiger partial charge in [-0.3, -0.25) is 0 Å². The van der Waals surface area contributed by atoms with E-state index in [-0.39, 0.29) is 24.1 Å². The van der Waals surface area contributed by atoms with Gasteiger partial charge in [-0.2, -0.15) is 9.57 Å². The van der Waals surface area contributed by atoms with Crippen molar-refractivity contribution in [1.29, 1.82) is 5.26 Å². The summed E-state index contributed by atoms with van der Waals surface area (Å²) >= 11 is 0. The fourth-order valence-corrected chi connectivity index (χ4v) is 4.23. The number of sulfonamides is 1. The first-order valence-electron chi connectivity index (χ1n) is 6.83. The third-order valence-electron chi connectivity index (χ3n) is 3.69. The molecule has 0 heterocycles. The Morgan fingerprint density at radius 1 is 1.43 bits per heavy atom. The van der Waals surface area contributed by atoms with Crippen LogP contribution in [0.4, 0.5) is 4.39 Å². The Kier molecular flexibility index (Phi) is 4.93. The molecule has 21 heavy (non-hydrogen) atoms. The number of hydrogen-bond donors (Lipinski definition) is 1. The van der Waals surface area contributed by atoms with Gasteiger partial charge >= 0.3 is 0 Å². The van der Waals surface area contributed by atoms with Gasteiger partial charge in [0.2, 0.25) is 10.0 Å². The summed E-state index contributed by atoms with van der Waals surface area (Å²) in [4.78, 5) is -0.296. The summed E-state index contributed by atoms with van der Waals surface area (Å²) in [6.45, 7) is 0.0535. The van der Waals surface area contributed by atoms with E-state index < -0.39 is 21.4 Å². The molecule has 0 bridgehead atoms. The second-order valence-electron chi connectivity index (χ2n) is 5.00. The van der Waals surface area contributed by atoms with Crippen LogP contribution in [0.1, 0.15) is 31.2 Å². The fraction of sp³-hybridized carbons (Fsp3) is 0.500. The van der Waals surface area contributed by atoms with Crippen molar-refractivity contribution in [2.24, 2.45) is 0 Å². The highest BCUT2D eigenvalue weighted by atomic mass is 32.2. The molecular formula is C14H17FN2O3S. The van der Waals surface area contributed by atoms with E-state index in [1.807, 2.05) is 0 Å². The lowest BCUT2D eigenvalue weighted by Crippen LogP contribution is -2.45. The molecule has 0 aromatic heterocycles. The Balaban J connectivity index is 2.43. The summed E-state index contributed by atoms with van der Waals surface area (Å²) in [7, 11) is -3.94. The number of hydrogen-bond acceptors (Lipinski definition) is 4. The zero-order chi connectivity index (χ0) is 15.5. The van der Waals surface area contributed by atoms with Gasteiger partial charge in [0.25, 0.3) is 0 Å². The number of nitrogens with zero attached hydrogens (tertiary/aromatic N) is 2. The van der Waals surface area contributed by atoms with E-state index >= 15 is 0 Å². The monoisotopic (exact) mass is 312 g/mol. The van der Waals surface area contributed by atoms with E-state index in [2.05, 4.69) is 0 Å². The van der Waals surface area contributed by atoms with Crippen molar-refractivity contribution < 1.29 is 17.9 Å². The Hall–Kier alpha value is -1.49. The van der Waals surface area contributed by atoms with E-state index in [0.29, 0.717) is 6.42 Å². The Bertz CT molecular complexity index is 651. The zero-order valence-electron chi connectivity index (χ0n) is 11.5. The highest BCUT2D eigenvalue weighted by Crippen LogP contribution is 2.31. The highest BCUT2D eigenvalue weighted by molar-refractivity contribution is 7.89. The lowest BCUT2D eigenvalue weighted by molar-refractivity contribution is 0.198. The van der Waals surface area contributed by atoms with Gasteiger partial charge in [-0.05, 0) is 31.4 Å². The lowest BCUT2D eigenvalue weighted by atomic mass is 9.93. The third kappa shape index (κ3) is 3.07. The number of nitriles is 1. The Morgan fingerprint density at radius 3 is 2.67 bits per heavy atom. The van der Waals surface area contributed by atoms with Crippen molar-refractivity contribution in [3.05, 3.63) is 29.6 Å². The van der Waals surface area contributed by atoms with E-state index in [4.69, 9.17) is 10.4 Å². The molecule has 0 atom stereocenters. The van der Waals surface area contributed by atoms with Crippen LogP contribution in [0.5, 0.6) is 0 Å². The van der Waals surface area contributed by atoms with Crippen molar-refractivity contribution in [1.82, 2.24) is 4.31 Å². The predicted molar refractivity (Wildman–Crippen MR) is 74.3 cm³/mol. The van der Waals surface area contributed by atoms with Gasteiger partial charge in [-0.25, -0.2) is 12.8 Å². The largest absolute Gasteiger partial charge is 0.396 e. The number of rotatable bonds is 6. The average Bonchev–Trinajstić information content (AvgIpc) is 2.40. The van der Waals surface area contributed by atoms with Crippen molar-refractivity contribution in [2.75, 3.05) is 13.2 Å². The molecule has 0 amide bonds. The van der Waals surface area contributed by atoms with Gasteiger partial charge in [0.15, 0.2) is 0 Å². The van der Waals surface area contributed by atoms with E-state index in [0.717, 1.165) is 25.3 Å². The topological polar surface area (TPSA) is 81.4 Å². The van der Waals surface area contributed by atoms with E-state index in [1.54, 1.807) is 6.07 Å². The molecule has 1 aromatic rings. The standard InChI is InChI=1S/C14H17FN2O3S/c15-13-6-2-7-14(12(13)10-16)21(19,20)17(8-3-9-18)11-4-1-5-11/h2,6-7,11,18H,1,3-5,8-9H2. The fourth-order valence-electron chi connectivity index (χ4n) is 2.35. The van der Waals surface area contributed by atoms with Crippen molar-refractivity contribution in [3.8, 4) is 6.07 Å². The van der Waals surface area contributed by atoms with E-state index in [1.165, 1.54) is 16.4 Å². The smallest absolute Gasteiger partial charge is 0.244 e. The number of aliphatic hydroxyl groups is 1. The van der Waals surface area contributed by atoms with Gasteiger partial charge in [0.1, 0.15) is 22.3 Å². The van der Waals surface area contributed by atoms with Crippen molar-refractivity contribution >= 4 is 10.0 Å². The number of benzene rings is 1. The van der Waals surface area contributed by atoms with Gasteiger partial charge in [0.05, 0.1) is 0 Å². The van der Waals surface area contributed by atoms with Crippen LogP contribution in [0.2, 0.25) is 0 Å². The Labute approximate surface area is 123 Å². The molecule has 1 N–H and O–H groups in total. The summed E-state index contributed by atoms with van der Waals surface area (Å²) < 4.78 is 40.4. The number of halogens is 1. The molecular weight excluding hydrogens is 295 g/mol. The first kappa shape index (κ1) is 15.9. The molecule has 1 aliphatic carbocycles. The van der Waals surface area contributed by atoms with Crippen molar-refractivity contribution in [2.45, 2.75) is 36.6 Å². The molecule has 1 saturated carbocycles. The molecule has 0 unspecified atom stereocenters. The van der Waals surface area contributed by atoms with Crippen LogP contribution in [-0.2, 0) is 10.0 Å². The molecule has 1 aromatic carbocycles. The average molecular weight is 312 g/mol. The summed E-state index contributed by atoms with van der Waals surface area (Å²) in [6, 6.07) is 5.10. The summed E-state index contributed by atoms with van der Waals surface area (Å²) in [6.07, 6.45) is 2.76. The Morgan fingerprint density at radius 2 is 2.14 bits per heavy atom. The van der Waals surface area contributed by atoms with Crippen LogP contribution in [0.25, 0.3) is 0 Å². The molecule has 1 aliphatic rings. The second-order valence-corrected chi connectivity index (χ2v) is 6.86. The lowest BCUT2D eigenvalue weighted by Gasteiger charge is -2.36. The van der Waals surface area contributed by atoms with Crippen LogP contribution in [-0.4, -0.2) is 37.0 Å². The first-order valence-corrected chi connectivity index (χ1v) is 8.27. The molecule has 2 rings (SSSR count). The predicted octanol–water partition coefficient (Wildman–Crippen LogP) is 1.62. The van der Waals surface area contributed by atoms with Gasteiger partial charge in [-0.1, -0.05) is 12.5 Å². The summed E-state index contributed by atoms with van der Waals surface area (Å²) in [5, 5.41) is 18.0. The molecule has 1 fully saturated rings. The van der Waals surface area contributed by atoms with Gasteiger partial charge in [0, 0.05) is 19.2 Å². The minimum Gasteiger partial charge on any atom is -0.396 e. The highest BCUT2D eigenvalue weighted by Gasteiger charge is 2.36. The number of aliphatic hydroxyl groups excluding tert-OH is 1.